The topological polar surface area (TPSA) is 127 Å². The number of sulfone groups is 1. The van der Waals surface area contributed by atoms with Crippen molar-refractivity contribution in [3.8, 4) is 11.5 Å². The van der Waals surface area contributed by atoms with E-state index in [1.807, 2.05) is 12.1 Å². The predicted octanol–water partition coefficient (Wildman–Crippen LogP) is 4.76. The van der Waals surface area contributed by atoms with Gasteiger partial charge in [-0.15, -0.1) is 12.4 Å². The first-order valence-electron chi connectivity index (χ1n) is 11.6. The molecular formula is C24H30Cl2N6O4S. The summed E-state index contributed by atoms with van der Waals surface area (Å²) in [6.07, 6.45) is 2.06. The van der Waals surface area contributed by atoms with Gasteiger partial charge in [-0.25, -0.2) is 8.42 Å². The van der Waals surface area contributed by atoms with E-state index in [2.05, 4.69) is 30.9 Å². The molecule has 2 aromatic carbocycles. The number of nitrogens with zero attached hydrogens (tertiary/aromatic N) is 3. The molecule has 2 heterocycles. The Labute approximate surface area is 227 Å². The minimum atomic E-state index is -3.53. The van der Waals surface area contributed by atoms with Gasteiger partial charge in [0, 0.05) is 6.07 Å². The third-order valence-electron chi connectivity index (χ3n) is 5.68. The summed E-state index contributed by atoms with van der Waals surface area (Å²) in [5.74, 6) is 1.50. The second-order valence-electron chi connectivity index (χ2n) is 8.52. The smallest absolute Gasteiger partial charge is 0.233 e. The fraction of sp³-hybridized carbons (Fsp3) is 0.375. The average Bonchev–Trinajstić information content (AvgIpc) is 2.85. The monoisotopic (exact) mass is 568 g/mol. The van der Waals surface area contributed by atoms with Crippen molar-refractivity contribution in [2.24, 2.45) is 0 Å². The van der Waals surface area contributed by atoms with E-state index in [0.717, 1.165) is 25.9 Å². The molecule has 200 valence electrons. The summed E-state index contributed by atoms with van der Waals surface area (Å²) in [6.45, 7) is 5.13. The Morgan fingerprint density at radius 1 is 1.00 bits per heavy atom. The summed E-state index contributed by atoms with van der Waals surface area (Å²) < 4.78 is 37.2. The molecule has 1 fully saturated rings. The lowest BCUT2D eigenvalue weighted by Gasteiger charge is -2.24. The van der Waals surface area contributed by atoms with Crippen LogP contribution >= 0.6 is 24.0 Å². The van der Waals surface area contributed by atoms with Crippen molar-refractivity contribution in [2.75, 3.05) is 30.8 Å². The molecule has 3 aromatic rings. The van der Waals surface area contributed by atoms with Gasteiger partial charge in [0.25, 0.3) is 0 Å². The normalized spacial score (nSPS) is 14.1. The van der Waals surface area contributed by atoms with Crippen LogP contribution in [0.4, 0.5) is 23.3 Å². The maximum Gasteiger partial charge on any atom is 0.233 e. The van der Waals surface area contributed by atoms with Gasteiger partial charge in [0.2, 0.25) is 17.2 Å². The molecule has 1 aromatic heterocycles. The molecule has 3 N–H and O–H groups in total. The third-order valence-corrected chi connectivity index (χ3v) is 8.06. The number of nitrogens with one attached hydrogen (secondary N) is 3. The van der Waals surface area contributed by atoms with Gasteiger partial charge in [-0.3, -0.25) is 0 Å². The lowest BCUT2D eigenvalue weighted by molar-refractivity contribution is 0.162. The van der Waals surface area contributed by atoms with Gasteiger partial charge in [0.1, 0.15) is 17.6 Å². The number of piperidine rings is 1. The van der Waals surface area contributed by atoms with Gasteiger partial charge in [-0.2, -0.15) is 15.0 Å². The molecule has 4 rings (SSSR count). The van der Waals surface area contributed by atoms with Gasteiger partial charge < -0.3 is 25.4 Å². The standard InChI is InChI=1S/C24H29ClN6O4S.ClH/c1-15(2)36(32,33)21-7-5-4-6-19(21)28-24-30-22(25)29-23(31-24)27-18-9-8-17(14-20(18)34-3)35-16-10-12-26-13-11-16;/h4-9,14-16,26H,10-13H2,1-3H3,(H2,27,28,29,30,31);1H. The summed E-state index contributed by atoms with van der Waals surface area (Å²) in [5.41, 5.74) is 0.947. The van der Waals surface area contributed by atoms with Crippen LogP contribution < -0.4 is 25.4 Å². The zero-order valence-corrected chi connectivity index (χ0v) is 23.1. The SMILES string of the molecule is COc1cc(OC2CCNCC2)ccc1Nc1nc(Cl)nc(Nc2ccccc2S(=O)(=O)C(C)C)n1.Cl. The Bertz CT molecular complexity index is 1320. The minimum absolute atomic E-state index is 0. The zero-order chi connectivity index (χ0) is 25.7. The van der Waals surface area contributed by atoms with Crippen LogP contribution in [0.25, 0.3) is 0 Å². The van der Waals surface area contributed by atoms with Crippen LogP contribution in [0, 0.1) is 0 Å². The Balaban J connectivity index is 0.00000380. The highest BCUT2D eigenvalue weighted by Crippen LogP contribution is 2.33. The number of halogens is 2. The lowest BCUT2D eigenvalue weighted by Crippen LogP contribution is -2.34. The van der Waals surface area contributed by atoms with Crippen LogP contribution in [0.1, 0.15) is 26.7 Å². The Hall–Kier alpha value is -2.86. The number of aromatic nitrogens is 3. The third kappa shape index (κ3) is 7.13. The second kappa shape index (κ2) is 12.6. The van der Waals surface area contributed by atoms with Crippen LogP contribution in [0.15, 0.2) is 47.4 Å². The molecule has 13 heteroatoms. The molecule has 1 saturated heterocycles. The summed E-state index contributed by atoms with van der Waals surface area (Å²) in [6, 6.07) is 12.0. The van der Waals surface area contributed by atoms with Crippen LogP contribution in [0.2, 0.25) is 5.28 Å². The number of hydrogen-bond donors (Lipinski definition) is 3. The van der Waals surface area contributed by atoms with E-state index in [9.17, 15) is 8.42 Å². The van der Waals surface area contributed by atoms with E-state index < -0.39 is 15.1 Å². The van der Waals surface area contributed by atoms with Crippen LogP contribution in [0.3, 0.4) is 0 Å². The fourth-order valence-corrected chi connectivity index (χ4v) is 5.09. The minimum Gasteiger partial charge on any atom is -0.494 e. The van der Waals surface area contributed by atoms with Crippen molar-refractivity contribution in [2.45, 2.75) is 42.9 Å². The number of para-hydroxylation sites is 1. The van der Waals surface area contributed by atoms with Gasteiger partial charge >= 0.3 is 0 Å². The van der Waals surface area contributed by atoms with E-state index >= 15 is 0 Å². The molecule has 0 atom stereocenters. The largest absolute Gasteiger partial charge is 0.494 e. The molecule has 0 bridgehead atoms. The fourth-order valence-electron chi connectivity index (χ4n) is 3.73. The van der Waals surface area contributed by atoms with E-state index in [4.69, 9.17) is 21.1 Å². The molecule has 0 radical (unpaired) electrons. The first-order chi connectivity index (χ1) is 17.3. The number of methoxy groups -OCH3 is 1. The van der Waals surface area contributed by atoms with Crippen LogP contribution in [-0.2, 0) is 9.84 Å². The van der Waals surface area contributed by atoms with Crippen molar-refractivity contribution in [1.29, 1.82) is 0 Å². The molecule has 0 spiro atoms. The highest BCUT2D eigenvalue weighted by atomic mass is 35.5. The predicted molar refractivity (Wildman–Crippen MR) is 147 cm³/mol. The number of anilines is 4. The maximum atomic E-state index is 12.8. The highest BCUT2D eigenvalue weighted by molar-refractivity contribution is 7.92. The van der Waals surface area contributed by atoms with Gasteiger partial charge in [0.15, 0.2) is 9.84 Å². The average molecular weight is 570 g/mol. The molecule has 10 nitrogen and oxygen atoms in total. The van der Waals surface area contributed by atoms with Crippen molar-refractivity contribution in [1.82, 2.24) is 20.3 Å². The molecule has 1 aliphatic rings. The molecule has 0 saturated carbocycles. The highest BCUT2D eigenvalue weighted by Gasteiger charge is 2.23. The number of hydrogen-bond acceptors (Lipinski definition) is 10. The summed E-state index contributed by atoms with van der Waals surface area (Å²) in [5, 5.41) is 8.72. The van der Waals surface area contributed by atoms with E-state index in [1.54, 1.807) is 45.2 Å². The molecule has 1 aliphatic heterocycles. The number of rotatable bonds is 9. The summed E-state index contributed by atoms with van der Waals surface area (Å²) in [7, 11) is -1.97. The van der Waals surface area contributed by atoms with Gasteiger partial charge in [-0.1, -0.05) is 12.1 Å². The Morgan fingerprint density at radius 3 is 2.30 bits per heavy atom. The maximum absolute atomic E-state index is 12.8. The Kier molecular flexibility index (Phi) is 9.77. The summed E-state index contributed by atoms with van der Waals surface area (Å²) >= 11 is 6.15. The summed E-state index contributed by atoms with van der Waals surface area (Å²) in [4.78, 5) is 12.8. The van der Waals surface area contributed by atoms with Crippen LogP contribution in [-0.4, -0.2) is 54.9 Å². The Morgan fingerprint density at radius 2 is 1.65 bits per heavy atom. The van der Waals surface area contributed by atoms with Crippen molar-refractivity contribution in [3.63, 3.8) is 0 Å². The van der Waals surface area contributed by atoms with E-state index in [1.165, 1.54) is 6.07 Å². The second-order valence-corrected chi connectivity index (χ2v) is 11.3. The quantitative estimate of drug-likeness (QED) is 0.332. The first kappa shape index (κ1) is 28.7. The van der Waals surface area contributed by atoms with E-state index in [-0.39, 0.29) is 40.6 Å². The number of benzene rings is 2. The molecule has 0 unspecified atom stereocenters. The van der Waals surface area contributed by atoms with Gasteiger partial charge in [0.05, 0.1) is 28.6 Å². The van der Waals surface area contributed by atoms with Gasteiger partial charge in [-0.05, 0) is 75.6 Å². The van der Waals surface area contributed by atoms with Crippen molar-refractivity contribution < 1.29 is 17.9 Å². The van der Waals surface area contributed by atoms with Crippen molar-refractivity contribution in [3.05, 3.63) is 47.7 Å². The molecule has 0 aliphatic carbocycles. The first-order valence-corrected chi connectivity index (χ1v) is 13.5. The zero-order valence-electron chi connectivity index (χ0n) is 20.7. The van der Waals surface area contributed by atoms with Crippen LogP contribution in [0.5, 0.6) is 11.5 Å². The van der Waals surface area contributed by atoms with Crippen molar-refractivity contribution >= 4 is 57.1 Å². The lowest BCUT2D eigenvalue weighted by atomic mass is 10.1. The number of ether oxygens (including phenoxy) is 2. The molecule has 37 heavy (non-hydrogen) atoms. The molecular weight excluding hydrogens is 539 g/mol. The van der Waals surface area contributed by atoms with E-state index in [0.29, 0.717) is 22.9 Å². The molecule has 0 amide bonds.